The lowest BCUT2D eigenvalue weighted by molar-refractivity contribution is 0.0950. The fourth-order valence-electron chi connectivity index (χ4n) is 2.35. The van der Waals surface area contributed by atoms with Crippen molar-refractivity contribution in [3.05, 3.63) is 84.2 Å². The molecule has 0 atom stereocenters. The Kier molecular flexibility index (Phi) is 5.26. The van der Waals surface area contributed by atoms with Crippen LogP contribution in [0.5, 0.6) is 5.75 Å². The largest absolute Gasteiger partial charge is 0.497 e. The molecule has 0 aliphatic heterocycles. The summed E-state index contributed by atoms with van der Waals surface area (Å²) in [7, 11) is 1.63. The van der Waals surface area contributed by atoms with Gasteiger partial charge in [-0.1, -0.05) is 30.3 Å². The van der Waals surface area contributed by atoms with Crippen LogP contribution < -0.4 is 15.4 Å². The quantitative estimate of drug-likeness (QED) is 0.721. The number of hydrogen-bond donors (Lipinski definition) is 2. The van der Waals surface area contributed by atoms with Crippen LogP contribution in [0.2, 0.25) is 0 Å². The summed E-state index contributed by atoms with van der Waals surface area (Å²) >= 11 is 0. The Morgan fingerprint density at radius 1 is 1.00 bits per heavy atom. The van der Waals surface area contributed by atoms with Gasteiger partial charge in [-0.3, -0.25) is 9.78 Å². The van der Waals surface area contributed by atoms with E-state index in [9.17, 15) is 4.79 Å². The van der Waals surface area contributed by atoms with Gasteiger partial charge in [0.1, 0.15) is 5.75 Å². The number of anilines is 2. The van der Waals surface area contributed by atoms with Crippen LogP contribution in [0.15, 0.2) is 73.1 Å². The van der Waals surface area contributed by atoms with E-state index in [2.05, 4.69) is 15.6 Å². The van der Waals surface area contributed by atoms with E-state index in [1.165, 1.54) is 0 Å². The zero-order chi connectivity index (χ0) is 17.5. The molecule has 0 aliphatic rings. The summed E-state index contributed by atoms with van der Waals surface area (Å²) < 4.78 is 5.14. The summed E-state index contributed by atoms with van der Waals surface area (Å²) in [5.74, 6) is 0.632. The van der Waals surface area contributed by atoms with E-state index in [-0.39, 0.29) is 5.91 Å². The second-order valence-electron chi connectivity index (χ2n) is 5.48. The van der Waals surface area contributed by atoms with Crippen molar-refractivity contribution in [2.24, 2.45) is 0 Å². The molecule has 0 aliphatic carbocycles. The van der Waals surface area contributed by atoms with Crippen molar-refractivity contribution in [3.63, 3.8) is 0 Å². The molecule has 3 rings (SSSR count). The Morgan fingerprint density at radius 3 is 2.48 bits per heavy atom. The van der Waals surface area contributed by atoms with Crippen molar-refractivity contribution >= 4 is 17.3 Å². The molecule has 0 saturated carbocycles. The van der Waals surface area contributed by atoms with E-state index in [0.717, 1.165) is 22.7 Å². The second-order valence-corrected chi connectivity index (χ2v) is 5.48. The zero-order valence-electron chi connectivity index (χ0n) is 13.9. The fourth-order valence-corrected chi connectivity index (χ4v) is 2.35. The topological polar surface area (TPSA) is 63.2 Å². The molecule has 0 saturated heterocycles. The number of carbonyl (C=O) groups excluding carboxylic acids is 1. The molecule has 0 radical (unpaired) electrons. The molecule has 3 aromatic rings. The van der Waals surface area contributed by atoms with Gasteiger partial charge in [0.2, 0.25) is 0 Å². The van der Waals surface area contributed by atoms with Crippen molar-refractivity contribution in [2.75, 3.05) is 12.4 Å². The van der Waals surface area contributed by atoms with E-state index in [1.54, 1.807) is 25.6 Å². The highest BCUT2D eigenvalue weighted by atomic mass is 16.5. The summed E-state index contributed by atoms with van der Waals surface area (Å²) in [5.41, 5.74) is 3.20. The van der Waals surface area contributed by atoms with E-state index in [1.807, 2.05) is 54.6 Å². The number of nitrogens with one attached hydrogen (secondary N) is 2. The van der Waals surface area contributed by atoms with Crippen LogP contribution in [-0.4, -0.2) is 18.0 Å². The third-order valence-electron chi connectivity index (χ3n) is 3.68. The lowest BCUT2D eigenvalue weighted by atomic mass is 10.2. The van der Waals surface area contributed by atoms with Crippen molar-refractivity contribution in [2.45, 2.75) is 6.54 Å². The highest BCUT2D eigenvalue weighted by molar-refractivity contribution is 5.94. The van der Waals surface area contributed by atoms with Gasteiger partial charge in [-0.15, -0.1) is 0 Å². The minimum absolute atomic E-state index is 0.158. The molecule has 0 bridgehead atoms. The van der Waals surface area contributed by atoms with E-state index in [4.69, 9.17) is 4.74 Å². The van der Waals surface area contributed by atoms with Crippen molar-refractivity contribution in [1.82, 2.24) is 10.3 Å². The van der Waals surface area contributed by atoms with E-state index < -0.39 is 0 Å². The molecule has 0 fully saturated rings. The molecular weight excluding hydrogens is 314 g/mol. The SMILES string of the molecule is COc1ccc(Nc2cncc(C(=O)NCc3ccccc3)c2)cc1. The first-order chi connectivity index (χ1) is 12.2. The average molecular weight is 333 g/mol. The Labute approximate surface area is 146 Å². The number of pyridine rings is 1. The highest BCUT2D eigenvalue weighted by Gasteiger charge is 2.07. The predicted octanol–water partition coefficient (Wildman–Crippen LogP) is 3.76. The first-order valence-electron chi connectivity index (χ1n) is 7.93. The van der Waals surface area contributed by atoms with Gasteiger partial charge in [-0.25, -0.2) is 0 Å². The van der Waals surface area contributed by atoms with E-state index >= 15 is 0 Å². The summed E-state index contributed by atoms with van der Waals surface area (Å²) in [6.07, 6.45) is 3.23. The van der Waals surface area contributed by atoms with Crippen LogP contribution in [0, 0.1) is 0 Å². The minimum Gasteiger partial charge on any atom is -0.497 e. The van der Waals surface area contributed by atoms with Crippen molar-refractivity contribution < 1.29 is 9.53 Å². The number of amides is 1. The summed E-state index contributed by atoms with van der Waals surface area (Å²) in [4.78, 5) is 16.5. The smallest absolute Gasteiger partial charge is 0.253 e. The maximum absolute atomic E-state index is 12.3. The molecule has 2 N–H and O–H groups in total. The number of benzene rings is 2. The van der Waals surface area contributed by atoms with Crippen LogP contribution >= 0.6 is 0 Å². The normalized spacial score (nSPS) is 10.1. The fraction of sp³-hybridized carbons (Fsp3) is 0.100. The van der Waals surface area contributed by atoms with Crippen LogP contribution in [-0.2, 0) is 6.54 Å². The third-order valence-corrected chi connectivity index (χ3v) is 3.68. The molecule has 126 valence electrons. The molecule has 0 unspecified atom stereocenters. The Morgan fingerprint density at radius 2 is 1.76 bits per heavy atom. The maximum atomic E-state index is 12.3. The third kappa shape index (κ3) is 4.57. The Hall–Kier alpha value is -3.34. The van der Waals surface area contributed by atoms with Gasteiger partial charge in [0.25, 0.3) is 5.91 Å². The van der Waals surface area contributed by atoms with Crippen LogP contribution in [0.4, 0.5) is 11.4 Å². The van der Waals surface area contributed by atoms with Gasteiger partial charge in [-0.05, 0) is 35.9 Å². The predicted molar refractivity (Wildman–Crippen MR) is 98.1 cm³/mol. The summed E-state index contributed by atoms with van der Waals surface area (Å²) in [5, 5.41) is 6.12. The van der Waals surface area contributed by atoms with Gasteiger partial charge in [0.15, 0.2) is 0 Å². The molecule has 0 spiro atoms. The first kappa shape index (κ1) is 16.5. The number of carbonyl (C=O) groups is 1. The molecular formula is C20H19N3O2. The number of aromatic nitrogens is 1. The number of nitrogens with zero attached hydrogens (tertiary/aromatic N) is 1. The molecule has 25 heavy (non-hydrogen) atoms. The molecule has 5 heteroatoms. The first-order valence-corrected chi connectivity index (χ1v) is 7.93. The van der Waals surface area contributed by atoms with Crippen molar-refractivity contribution in [1.29, 1.82) is 0 Å². The standard InChI is InChI=1S/C20H19N3O2/c1-25-19-9-7-17(8-10-19)23-18-11-16(13-21-14-18)20(24)22-12-15-5-3-2-4-6-15/h2-11,13-14,23H,12H2,1H3,(H,22,24). The van der Waals surface area contributed by atoms with Gasteiger partial charge in [0.05, 0.1) is 24.6 Å². The summed E-state index contributed by atoms with van der Waals surface area (Å²) in [6.45, 7) is 0.482. The van der Waals surface area contributed by atoms with Gasteiger partial charge in [-0.2, -0.15) is 0 Å². The highest BCUT2D eigenvalue weighted by Crippen LogP contribution is 2.20. The minimum atomic E-state index is -0.158. The van der Waals surface area contributed by atoms with Gasteiger partial charge in [0, 0.05) is 18.4 Å². The monoisotopic (exact) mass is 333 g/mol. The molecule has 2 aromatic carbocycles. The van der Waals surface area contributed by atoms with Crippen LogP contribution in [0.3, 0.4) is 0 Å². The van der Waals surface area contributed by atoms with Crippen molar-refractivity contribution in [3.8, 4) is 5.75 Å². The number of hydrogen-bond acceptors (Lipinski definition) is 4. The number of ether oxygens (including phenoxy) is 1. The second kappa shape index (κ2) is 7.97. The number of rotatable bonds is 6. The molecule has 1 aromatic heterocycles. The average Bonchev–Trinajstić information content (AvgIpc) is 2.68. The Bertz CT molecular complexity index is 833. The summed E-state index contributed by atoms with van der Waals surface area (Å²) in [6, 6.07) is 19.1. The van der Waals surface area contributed by atoms with Gasteiger partial charge < -0.3 is 15.4 Å². The Balaban J connectivity index is 1.64. The van der Waals surface area contributed by atoms with Crippen LogP contribution in [0.1, 0.15) is 15.9 Å². The molecule has 1 amide bonds. The van der Waals surface area contributed by atoms with Gasteiger partial charge >= 0.3 is 0 Å². The zero-order valence-corrected chi connectivity index (χ0v) is 13.9. The maximum Gasteiger partial charge on any atom is 0.253 e. The lowest BCUT2D eigenvalue weighted by Gasteiger charge is -2.09. The molecule has 1 heterocycles. The number of methoxy groups -OCH3 is 1. The lowest BCUT2D eigenvalue weighted by Crippen LogP contribution is -2.22. The molecule has 5 nitrogen and oxygen atoms in total. The van der Waals surface area contributed by atoms with E-state index in [0.29, 0.717) is 12.1 Å². The van der Waals surface area contributed by atoms with Crippen LogP contribution in [0.25, 0.3) is 0 Å².